The highest BCUT2D eigenvalue weighted by atomic mass is 19.1. The Kier molecular flexibility index (Phi) is 7.16. The second-order valence-corrected chi connectivity index (χ2v) is 5.31. The Bertz CT molecular complexity index is 416. The smallest absolute Gasteiger partial charge is 0.423 e. The predicted molar refractivity (Wildman–Crippen MR) is 80.3 cm³/mol. The van der Waals surface area contributed by atoms with Gasteiger partial charge in [-0.15, -0.1) is 0 Å². The lowest BCUT2D eigenvalue weighted by Gasteiger charge is -2.24. The third-order valence-electron chi connectivity index (χ3n) is 3.15. The average Bonchev–Trinajstić information content (AvgIpc) is 2.38. The molecule has 0 saturated carbocycles. The molecule has 1 aromatic carbocycles. The van der Waals surface area contributed by atoms with Crippen molar-refractivity contribution in [2.24, 2.45) is 0 Å². The van der Waals surface area contributed by atoms with E-state index in [1.165, 1.54) is 12.1 Å². The van der Waals surface area contributed by atoms with E-state index in [0.29, 0.717) is 6.54 Å². The third kappa shape index (κ3) is 5.59. The number of likely N-dealkylation sites (N-methyl/N-ethyl adjacent to an activating group) is 1. The van der Waals surface area contributed by atoms with Gasteiger partial charge in [-0.05, 0) is 38.7 Å². The lowest BCUT2D eigenvalue weighted by Crippen LogP contribution is -2.35. The van der Waals surface area contributed by atoms with Crippen molar-refractivity contribution in [3.63, 3.8) is 0 Å². The molecule has 1 aromatic rings. The summed E-state index contributed by atoms with van der Waals surface area (Å²) in [5.41, 5.74) is 0.827. The summed E-state index contributed by atoms with van der Waals surface area (Å²) in [4.78, 5) is 4.40. The number of hydrogen-bond donors (Lipinski definition) is 2. The summed E-state index contributed by atoms with van der Waals surface area (Å²) in [6.45, 7) is 5.64. The van der Waals surface area contributed by atoms with Gasteiger partial charge in [0.15, 0.2) is 0 Å². The van der Waals surface area contributed by atoms with Gasteiger partial charge in [0.25, 0.3) is 0 Å². The molecule has 0 heterocycles. The average molecular weight is 282 g/mol. The van der Waals surface area contributed by atoms with Crippen LogP contribution in [0.4, 0.5) is 4.39 Å². The molecule has 0 saturated heterocycles. The minimum absolute atomic E-state index is 0.0634. The molecular formula is C14H24BFN2O2. The summed E-state index contributed by atoms with van der Waals surface area (Å²) >= 11 is 0. The first kappa shape index (κ1) is 17.1. The Morgan fingerprint density at radius 1 is 1.15 bits per heavy atom. The quantitative estimate of drug-likeness (QED) is 0.672. The Labute approximate surface area is 121 Å². The van der Waals surface area contributed by atoms with Crippen molar-refractivity contribution < 1.29 is 14.4 Å². The van der Waals surface area contributed by atoms with Gasteiger partial charge in [0.2, 0.25) is 0 Å². The van der Waals surface area contributed by atoms with Crippen molar-refractivity contribution in [2.45, 2.75) is 19.9 Å². The molecule has 0 fully saturated rings. The van der Waals surface area contributed by atoms with Gasteiger partial charge in [-0.25, -0.2) is 4.39 Å². The third-order valence-corrected chi connectivity index (χ3v) is 3.15. The summed E-state index contributed by atoms with van der Waals surface area (Å²) in [5, 5.41) is 18.3. The van der Waals surface area contributed by atoms with E-state index in [0.717, 1.165) is 31.6 Å². The predicted octanol–water partition coefficient (Wildman–Crippen LogP) is 0.279. The van der Waals surface area contributed by atoms with Gasteiger partial charge in [0.1, 0.15) is 5.82 Å². The fourth-order valence-corrected chi connectivity index (χ4v) is 2.08. The second-order valence-electron chi connectivity index (χ2n) is 5.31. The van der Waals surface area contributed by atoms with Crippen LogP contribution in [-0.4, -0.2) is 60.7 Å². The molecule has 0 aromatic heterocycles. The molecule has 0 radical (unpaired) electrons. The molecule has 0 bridgehead atoms. The van der Waals surface area contributed by atoms with Crippen LogP contribution in [0.3, 0.4) is 0 Å². The molecule has 0 aliphatic rings. The van der Waals surface area contributed by atoms with Crippen molar-refractivity contribution in [3.05, 3.63) is 29.6 Å². The van der Waals surface area contributed by atoms with Gasteiger partial charge < -0.3 is 14.9 Å². The minimum atomic E-state index is -1.77. The van der Waals surface area contributed by atoms with Crippen LogP contribution in [-0.2, 0) is 6.54 Å². The first-order chi connectivity index (χ1) is 9.43. The lowest BCUT2D eigenvalue weighted by molar-refractivity contribution is 0.234. The number of rotatable bonds is 8. The van der Waals surface area contributed by atoms with E-state index in [1.54, 1.807) is 6.07 Å². The SMILES string of the molecule is CCCN(CCN(C)C)Cc1ccc(F)c(B(O)O)c1. The van der Waals surface area contributed by atoms with Crippen LogP contribution in [0.25, 0.3) is 0 Å². The van der Waals surface area contributed by atoms with Gasteiger partial charge in [-0.2, -0.15) is 0 Å². The first-order valence-corrected chi connectivity index (χ1v) is 6.95. The normalized spacial score (nSPS) is 11.4. The molecule has 0 atom stereocenters. The fraction of sp³-hybridized carbons (Fsp3) is 0.571. The van der Waals surface area contributed by atoms with E-state index in [4.69, 9.17) is 10.0 Å². The number of hydrogen-bond acceptors (Lipinski definition) is 4. The highest BCUT2D eigenvalue weighted by molar-refractivity contribution is 6.58. The van der Waals surface area contributed by atoms with Crippen molar-refractivity contribution in [1.82, 2.24) is 9.80 Å². The maximum absolute atomic E-state index is 13.4. The van der Waals surface area contributed by atoms with E-state index in [2.05, 4.69) is 16.7 Å². The molecule has 1 rings (SSSR count). The molecule has 0 aliphatic heterocycles. The van der Waals surface area contributed by atoms with Crippen molar-refractivity contribution in [1.29, 1.82) is 0 Å². The molecule has 20 heavy (non-hydrogen) atoms. The van der Waals surface area contributed by atoms with Crippen molar-refractivity contribution in [2.75, 3.05) is 33.7 Å². The van der Waals surface area contributed by atoms with Gasteiger partial charge in [-0.1, -0.05) is 19.1 Å². The Balaban J connectivity index is 2.74. The number of nitrogens with zero attached hydrogens (tertiary/aromatic N) is 2. The van der Waals surface area contributed by atoms with Crippen LogP contribution in [0.2, 0.25) is 0 Å². The van der Waals surface area contributed by atoms with Crippen molar-refractivity contribution in [3.8, 4) is 0 Å². The van der Waals surface area contributed by atoms with Crippen LogP contribution in [0.5, 0.6) is 0 Å². The molecule has 0 aliphatic carbocycles. The van der Waals surface area contributed by atoms with Gasteiger partial charge in [0.05, 0.1) is 0 Å². The van der Waals surface area contributed by atoms with Gasteiger partial charge >= 0.3 is 7.12 Å². The molecule has 2 N–H and O–H groups in total. The van der Waals surface area contributed by atoms with Crippen LogP contribution in [0.15, 0.2) is 18.2 Å². The highest BCUT2D eigenvalue weighted by Gasteiger charge is 2.17. The minimum Gasteiger partial charge on any atom is -0.423 e. The summed E-state index contributed by atoms with van der Waals surface area (Å²) in [6.07, 6.45) is 1.05. The zero-order valence-electron chi connectivity index (χ0n) is 12.5. The highest BCUT2D eigenvalue weighted by Crippen LogP contribution is 2.06. The van der Waals surface area contributed by atoms with Crippen molar-refractivity contribution >= 4 is 12.6 Å². The van der Waals surface area contributed by atoms with Crippen LogP contribution in [0.1, 0.15) is 18.9 Å². The van der Waals surface area contributed by atoms with E-state index in [1.807, 2.05) is 14.1 Å². The van der Waals surface area contributed by atoms with E-state index in [9.17, 15) is 4.39 Å². The monoisotopic (exact) mass is 282 g/mol. The second kappa shape index (κ2) is 8.37. The van der Waals surface area contributed by atoms with Gasteiger partial charge in [-0.3, -0.25) is 4.90 Å². The zero-order valence-corrected chi connectivity index (χ0v) is 12.5. The van der Waals surface area contributed by atoms with Crippen LogP contribution >= 0.6 is 0 Å². The summed E-state index contributed by atoms with van der Waals surface area (Å²) in [7, 11) is 2.29. The largest absolute Gasteiger partial charge is 0.491 e. The molecule has 4 nitrogen and oxygen atoms in total. The standard InChI is InChI=1S/C14H24BFN2O2/c1-4-7-18(9-8-17(2)3)11-12-5-6-14(16)13(10-12)15(19)20/h5-6,10,19-20H,4,7-9,11H2,1-3H3. The maximum Gasteiger partial charge on any atom is 0.491 e. The molecule has 112 valence electrons. The molecule has 0 unspecified atom stereocenters. The Morgan fingerprint density at radius 3 is 2.40 bits per heavy atom. The molecule has 0 amide bonds. The van der Waals surface area contributed by atoms with E-state index in [-0.39, 0.29) is 5.46 Å². The van der Waals surface area contributed by atoms with Gasteiger partial charge in [0, 0.05) is 25.1 Å². The Hall–Kier alpha value is -0.945. The summed E-state index contributed by atoms with van der Waals surface area (Å²) in [6, 6.07) is 4.51. The number of halogens is 1. The molecule has 6 heteroatoms. The van der Waals surface area contributed by atoms with Crippen LogP contribution < -0.4 is 5.46 Å². The number of benzene rings is 1. The van der Waals surface area contributed by atoms with Crippen LogP contribution in [0, 0.1) is 5.82 Å². The molecule has 0 spiro atoms. The van der Waals surface area contributed by atoms with E-state index < -0.39 is 12.9 Å². The summed E-state index contributed by atoms with van der Waals surface area (Å²) in [5.74, 6) is -0.584. The summed E-state index contributed by atoms with van der Waals surface area (Å²) < 4.78 is 13.4. The van der Waals surface area contributed by atoms with E-state index >= 15 is 0 Å². The Morgan fingerprint density at radius 2 is 1.85 bits per heavy atom. The lowest BCUT2D eigenvalue weighted by atomic mass is 9.79. The molecular weight excluding hydrogens is 258 g/mol. The maximum atomic E-state index is 13.4. The topological polar surface area (TPSA) is 46.9 Å². The first-order valence-electron chi connectivity index (χ1n) is 6.95. The fourth-order valence-electron chi connectivity index (χ4n) is 2.08. The zero-order chi connectivity index (χ0) is 15.1.